The Balaban J connectivity index is 2.07. The third kappa shape index (κ3) is 4.64. The van der Waals surface area contributed by atoms with Crippen molar-refractivity contribution in [2.75, 3.05) is 27.2 Å². The largest absolute Gasteiger partial charge is 0.507 e. The second-order valence-electron chi connectivity index (χ2n) is 7.21. The molecule has 1 amide bonds. The summed E-state index contributed by atoms with van der Waals surface area (Å²) in [4.78, 5) is 29.2. The van der Waals surface area contributed by atoms with Crippen LogP contribution >= 0.6 is 23.2 Å². The van der Waals surface area contributed by atoms with Crippen LogP contribution in [-0.4, -0.2) is 53.8 Å². The second kappa shape index (κ2) is 8.99. The molecule has 0 unspecified atom stereocenters. The summed E-state index contributed by atoms with van der Waals surface area (Å²) in [5.74, 6) is -1.52. The van der Waals surface area contributed by atoms with E-state index in [0.717, 1.165) is 6.54 Å². The van der Waals surface area contributed by atoms with Gasteiger partial charge < -0.3 is 14.9 Å². The molecule has 5 nitrogen and oxygen atoms in total. The van der Waals surface area contributed by atoms with E-state index < -0.39 is 17.7 Å². The maximum absolute atomic E-state index is 12.9. The molecule has 0 aromatic heterocycles. The number of aliphatic hydroxyl groups excluding tert-OH is 1. The number of hydrogen-bond acceptors (Lipinski definition) is 4. The molecule has 1 N–H and O–H groups in total. The smallest absolute Gasteiger partial charge is 0.295 e. The third-order valence-corrected chi connectivity index (χ3v) is 5.35. The van der Waals surface area contributed by atoms with Crippen molar-refractivity contribution in [2.24, 2.45) is 0 Å². The van der Waals surface area contributed by atoms with Gasteiger partial charge in [0.05, 0.1) is 11.6 Å². The number of carbonyl (C=O) groups is 2. The van der Waals surface area contributed by atoms with E-state index in [1.54, 1.807) is 48.5 Å². The summed E-state index contributed by atoms with van der Waals surface area (Å²) in [5.41, 5.74) is 1.22. The van der Waals surface area contributed by atoms with Crippen LogP contribution in [0.1, 0.15) is 23.6 Å². The van der Waals surface area contributed by atoms with Crippen LogP contribution in [0.3, 0.4) is 0 Å². The van der Waals surface area contributed by atoms with Crippen LogP contribution < -0.4 is 0 Å². The molecule has 0 saturated carbocycles. The zero-order chi connectivity index (χ0) is 21.1. The highest BCUT2D eigenvalue weighted by Gasteiger charge is 2.45. The fraction of sp³-hybridized carbons (Fsp3) is 0.273. The van der Waals surface area contributed by atoms with Gasteiger partial charge in [-0.15, -0.1) is 0 Å². The van der Waals surface area contributed by atoms with Crippen LogP contribution in [0.4, 0.5) is 0 Å². The van der Waals surface area contributed by atoms with Crippen LogP contribution in [-0.2, 0) is 9.59 Å². The first-order chi connectivity index (χ1) is 13.8. The van der Waals surface area contributed by atoms with E-state index in [4.69, 9.17) is 23.2 Å². The van der Waals surface area contributed by atoms with Crippen LogP contribution in [0, 0.1) is 0 Å². The van der Waals surface area contributed by atoms with Crippen molar-refractivity contribution >= 4 is 40.7 Å². The third-order valence-electron chi connectivity index (χ3n) is 4.85. The highest BCUT2D eigenvalue weighted by atomic mass is 35.5. The number of ketones is 1. The number of hydrogen-bond donors (Lipinski definition) is 1. The number of benzene rings is 2. The van der Waals surface area contributed by atoms with E-state index in [1.807, 2.05) is 19.0 Å². The summed E-state index contributed by atoms with van der Waals surface area (Å²) in [6, 6.07) is 12.8. The average Bonchev–Trinajstić information content (AvgIpc) is 2.93. The molecule has 3 rings (SSSR count). The Kier molecular flexibility index (Phi) is 6.63. The summed E-state index contributed by atoms with van der Waals surface area (Å²) >= 11 is 11.9. The Morgan fingerprint density at radius 3 is 2.10 bits per heavy atom. The second-order valence-corrected chi connectivity index (χ2v) is 8.08. The Labute approximate surface area is 180 Å². The summed E-state index contributed by atoms with van der Waals surface area (Å²) in [6.45, 7) is 1.17. The van der Waals surface area contributed by atoms with Gasteiger partial charge in [-0.25, -0.2) is 0 Å². The van der Waals surface area contributed by atoms with Crippen molar-refractivity contribution in [1.82, 2.24) is 9.80 Å². The standard InChI is InChI=1S/C22H22Cl2N2O3/c1-25(2)12-3-13-26-19(14-4-8-16(23)9-5-14)18(21(28)22(26)29)20(27)15-6-10-17(24)11-7-15/h4-11,19,27H,3,12-13H2,1-2H3/b20-18+/t19-/m0/s1. The van der Waals surface area contributed by atoms with E-state index in [-0.39, 0.29) is 11.3 Å². The lowest BCUT2D eigenvalue weighted by molar-refractivity contribution is -0.139. The Morgan fingerprint density at radius 2 is 1.55 bits per heavy atom. The van der Waals surface area contributed by atoms with Crippen molar-refractivity contribution in [3.8, 4) is 0 Å². The fourth-order valence-electron chi connectivity index (χ4n) is 3.42. The molecule has 152 valence electrons. The maximum Gasteiger partial charge on any atom is 0.295 e. The van der Waals surface area contributed by atoms with Gasteiger partial charge in [-0.3, -0.25) is 9.59 Å². The van der Waals surface area contributed by atoms with Crippen LogP contribution in [0.5, 0.6) is 0 Å². The van der Waals surface area contributed by atoms with Gasteiger partial charge in [0, 0.05) is 22.2 Å². The lowest BCUT2D eigenvalue weighted by atomic mass is 9.95. The summed E-state index contributed by atoms with van der Waals surface area (Å²) in [5, 5.41) is 12.0. The van der Waals surface area contributed by atoms with E-state index in [1.165, 1.54) is 4.90 Å². The predicted molar refractivity (Wildman–Crippen MR) is 115 cm³/mol. The van der Waals surface area contributed by atoms with E-state index in [0.29, 0.717) is 34.1 Å². The minimum Gasteiger partial charge on any atom is -0.507 e. The number of likely N-dealkylation sites (tertiary alicyclic amines) is 1. The van der Waals surface area contributed by atoms with Gasteiger partial charge >= 0.3 is 0 Å². The molecule has 0 spiro atoms. The molecule has 29 heavy (non-hydrogen) atoms. The monoisotopic (exact) mass is 432 g/mol. The number of Topliss-reactive ketones (excluding diaryl/α,β-unsaturated/α-hetero) is 1. The molecule has 0 aliphatic carbocycles. The molecule has 1 atom stereocenters. The lowest BCUT2D eigenvalue weighted by Crippen LogP contribution is -2.32. The molecule has 1 heterocycles. The molecule has 2 aromatic carbocycles. The minimum absolute atomic E-state index is 0.0736. The summed E-state index contributed by atoms with van der Waals surface area (Å²) < 4.78 is 0. The topological polar surface area (TPSA) is 60.9 Å². The van der Waals surface area contributed by atoms with Gasteiger partial charge in [-0.1, -0.05) is 35.3 Å². The highest BCUT2D eigenvalue weighted by molar-refractivity contribution is 6.46. The quantitative estimate of drug-likeness (QED) is 0.418. The number of carbonyl (C=O) groups excluding carboxylic acids is 2. The number of rotatable bonds is 6. The van der Waals surface area contributed by atoms with Gasteiger partial charge in [-0.2, -0.15) is 0 Å². The number of halogens is 2. The SMILES string of the molecule is CN(C)CCCN1C(=O)C(=O)/C(=C(/O)c2ccc(Cl)cc2)[C@@H]1c1ccc(Cl)cc1. The van der Waals surface area contributed by atoms with Crippen molar-refractivity contribution < 1.29 is 14.7 Å². The zero-order valence-corrected chi connectivity index (χ0v) is 17.7. The molecular formula is C22H22Cl2N2O3. The van der Waals surface area contributed by atoms with Crippen LogP contribution in [0.2, 0.25) is 10.0 Å². The van der Waals surface area contributed by atoms with Gasteiger partial charge in [-0.05, 0) is 69.0 Å². The Morgan fingerprint density at radius 1 is 1.00 bits per heavy atom. The predicted octanol–water partition coefficient (Wildman–Crippen LogP) is 4.37. The summed E-state index contributed by atoms with van der Waals surface area (Å²) in [6.07, 6.45) is 0.700. The van der Waals surface area contributed by atoms with Crippen molar-refractivity contribution in [3.63, 3.8) is 0 Å². The number of nitrogens with zero attached hydrogens (tertiary/aromatic N) is 2. The molecule has 1 aliphatic heterocycles. The van der Waals surface area contributed by atoms with E-state index >= 15 is 0 Å². The molecule has 0 radical (unpaired) electrons. The molecule has 7 heteroatoms. The minimum atomic E-state index is -0.692. The molecular weight excluding hydrogens is 411 g/mol. The van der Waals surface area contributed by atoms with Crippen molar-refractivity contribution in [2.45, 2.75) is 12.5 Å². The maximum atomic E-state index is 12.9. The zero-order valence-electron chi connectivity index (χ0n) is 16.2. The van der Waals surface area contributed by atoms with E-state index in [2.05, 4.69) is 0 Å². The number of aliphatic hydroxyl groups is 1. The first-order valence-corrected chi connectivity index (χ1v) is 9.99. The van der Waals surface area contributed by atoms with E-state index in [9.17, 15) is 14.7 Å². The summed E-state index contributed by atoms with van der Waals surface area (Å²) in [7, 11) is 3.90. The van der Waals surface area contributed by atoms with Gasteiger partial charge in [0.1, 0.15) is 5.76 Å². The fourth-order valence-corrected chi connectivity index (χ4v) is 3.67. The lowest BCUT2D eigenvalue weighted by Gasteiger charge is -2.26. The van der Waals surface area contributed by atoms with Crippen molar-refractivity contribution in [1.29, 1.82) is 0 Å². The Hall–Kier alpha value is -2.34. The highest BCUT2D eigenvalue weighted by Crippen LogP contribution is 2.39. The molecule has 1 aliphatic rings. The molecule has 0 bridgehead atoms. The number of amides is 1. The van der Waals surface area contributed by atoms with Crippen LogP contribution in [0.15, 0.2) is 54.1 Å². The average molecular weight is 433 g/mol. The first-order valence-electron chi connectivity index (χ1n) is 9.24. The Bertz CT molecular complexity index is 938. The normalized spacial score (nSPS) is 18.7. The molecule has 2 aromatic rings. The van der Waals surface area contributed by atoms with Crippen LogP contribution in [0.25, 0.3) is 5.76 Å². The van der Waals surface area contributed by atoms with Gasteiger partial charge in [0.15, 0.2) is 0 Å². The molecule has 1 fully saturated rings. The van der Waals surface area contributed by atoms with Crippen molar-refractivity contribution in [3.05, 3.63) is 75.3 Å². The van der Waals surface area contributed by atoms with Gasteiger partial charge in [0.25, 0.3) is 11.7 Å². The molecule has 1 saturated heterocycles. The first kappa shape index (κ1) is 21.4. The van der Waals surface area contributed by atoms with Gasteiger partial charge in [0.2, 0.25) is 0 Å².